The first-order valence-electron chi connectivity index (χ1n) is 7.30. The van der Waals surface area contributed by atoms with Crippen LogP contribution in [0.3, 0.4) is 0 Å². The maximum atomic E-state index is 6.03. The van der Waals surface area contributed by atoms with Gasteiger partial charge in [0, 0.05) is 25.7 Å². The molecule has 118 valence electrons. The second kappa shape index (κ2) is 6.64. The summed E-state index contributed by atoms with van der Waals surface area (Å²) in [5.74, 6) is 1.47. The number of ether oxygens (including phenoxy) is 3. The average Bonchev–Trinajstić information content (AvgIpc) is 2.47. The van der Waals surface area contributed by atoms with E-state index in [-0.39, 0.29) is 11.6 Å². The van der Waals surface area contributed by atoms with Crippen LogP contribution in [-0.2, 0) is 4.74 Å². The van der Waals surface area contributed by atoms with Crippen LogP contribution in [0.1, 0.15) is 25.5 Å². The summed E-state index contributed by atoms with van der Waals surface area (Å²) in [6.07, 6.45) is 0. The standard InChI is InChI=1S/C16H26N2O3/c1-16(2)11-18(7-8-21-16)13(10-17)12-5-6-14(19-3)15(9-12)20-4/h5-6,9,13H,7-8,10-11,17H2,1-4H3. The molecule has 0 bridgehead atoms. The summed E-state index contributed by atoms with van der Waals surface area (Å²) in [6.45, 7) is 7.27. The van der Waals surface area contributed by atoms with Crippen LogP contribution >= 0.6 is 0 Å². The zero-order chi connectivity index (χ0) is 15.5. The molecule has 0 radical (unpaired) electrons. The van der Waals surface area contributed by atoms with Crippen molar-refractivity contribution in [2.75, 3.05) is 40.5 Å². The molecule has 1 aromatic carbocycles. The number of hydrogen-bond acceptors (Lipinski definition) is 5. The number of nitrogens with two attached hydrogens (primary N) is 1. The Hall–Kier alpha value is -1.30. The van der Waals surface area contributed by atoms with Gasteiger partial charge in [0.1, 0.15) is 0 Å². The van der Waals surface area contributed by atoms with Gasteiger partial charge >= 0.3 is 0 Å². The highest BCUT2D eigenvalue weighted by atomic mass is 16.5. The lowest BCUT2D eigenvalue weighted by Crippen LogP contribution is -2.50. The number of rotatable bonds is 5. The highest BCUT2D eigenvalue weighted by Gasteiger charge is 2.31. The van der Waals surface area contributed by atoms with Crippen LogP contribution in [0.4, 0.5) is 0 Å². The smallest absolute Gasteiger partial charge is 0.161 e. The predicted octanol–water partition coefficient (Wildman–Crippen LogP) is 1.81. The van der Waals surface area contributed by atoms with Crippen molar-refractivity contribution in [3.05, 3.63) is 23.8 Å². The van der Waals surface area contributed by atoms with E-state index < -0.39 is 0 Å². The van der Waals surface area contributed by atoms with Crippen molar-refractivity contribution in [1.82, 2.24) is 4.90 Å². The van der Waals surface area contributed by atoms with Crippen LogP contribution in [0.15, 0.2) is 18.2 Å². The molecular weight excluding hydrogens is 268 g/mol. The Morgan fingerprint density at radius 3 is 2.57 bits per heavy atom. The second-order valence-corrected chi connectivity index (χ2v) is 5.94. The van der Waals surface area contributed by atoms with E-state index in [9.17, 15) is 0 Å². The third kappa shape index (κ3) is 3.67. The minimum absolute atomic E-state index is 0.137. The Morgan fingerprint density at radius 1 is 1.29 bits per heavy atom. The lowest BCUT2D eigenvalue weighted by atomic mass is 10.0. The van der Waals surface area contributed by atoms with Crippen LogP contribution in [0, 0.1) is 0 Å². The summed E-state index contributed by atoms with van der Waals surface area (Å²) < 4.78 is 16.5. The van der Waals surface area contributed by atoms with E-state index in [1.807, 2.05) is 12.1 Å². The van der Waals surface area contributed by atoms with E-state index >= 15 is 0 Å². The lowest BCUT2D eigenvalue weighted by molar-refractivity contribution is -0.0967. The van der Waals surface area contributed by atoms with Crippen LogP contribution in [0.25, 0.3) is 0 Å². The Morgan fingerprint density at radius 2 is 2.00 bits per heavy atom. The molecule has 5 nitrogen and oxygen atoms in total. The molecule has 1 aliphatic heterocycles. The Labute approximate surface area is 127 Å². The van der Waals surface area contributed by atoms with E-state index in [2.05, 4.69) is 24.8 Å². The van der Waals surface area contributed by atoms with E-state index in [4.69, 9.17) is 19.9 Å². The second-order valence-electron chi connectivity index (χ2n) is 5.94. The summed E-state index contributed by atoms with van der Waals surface area (Å²) in [5.41, 5.74) is 7.04. The van der Waals surface area contributed by atoms with E-state index in [1.165, 1.54) is 0 Å². The van der Waals surface area contributed by atoms with Crippen molar-refractivity contribution in [2.24, 2.45) is 5.73 Å². The summed E-state index contributed by atoms with van der Waals surface area (Å²) in [7, 11) is 3.29. The molecule has 0 saturated carbocycles. The molecule has 1 heterocycles. The van der Waals surface area contributed by atoms with Gasteiger partial charge in [-0.1, -0.05) is 6.07 Å². The average molecular weight is 294 g/mol. The molecule has 0 amide bonds. The van der Waals surface area contributed by atoms with Crippen LogP contribution in [-0.4, -0.2) is 51.0 Å². The van der Waals surface area contributed by atoms with Crippen LogP contribution in [0.5, 0.6) is 11.5 Å². The monoisotopic (exact) mass is 294 g/mol. The molecule has 5 heteroatoms. The molecular formula is C16H26N2O3. The van der Waals surface area contributed by atoms with Gasteiger partial charge in [0.2, 0.25) is 0 Å². The number of morpholine rings is 1. The molecule has 0 aliphatic carbocycles. The van der Waals surface area contributed by atoms with Gasteiger partial charge in [0.25, 0.3) is 0 Å². The maximum Gasteiger partial charge on any atom is 0.161 e. The van der Waals surface area contributed by atoms with Gasteiger partial charge in [0.15, 0.2) is 11.5 Å². The topological polar surface area (TPSA) is 57.0 Å². The van der Waals surface area contributed by atoms with Crippen molar-refractivity contribution in [3.8, 4) is 11.5 Å². The largest absolute Gasteiger partial charge is 0.493 e. The molecule has 0 aromatic heterocycles. The molecule has 1 unspecified atom stereocenters. The molecule has 2 rings (SSSR count). The summed E-state index contributed by atoms with van der Waals surface area (Å²) in [5, 5.41) is 0. The van der Waals surface area contributed by atoms with Gasteiger partial charge in [-0.05, 0) is 31.5 Å². The van der Waals surface area contributed by atoms with Gasteiger partial charge in [-0.25, -0.2) is 0 Å². The van der Waals surface area contributed by atoms with E-state index in [1.54, 1.807) is 14.2 Å². The minimum Gasteiger partial charge on any atom is -0.493 e. The molecule has 1 atom stereocenters. The van der Waals surface area contributed by atoms with Gasteiger partial charge in [-0.15, -0.1) is 0 Å². The number of benzene rings is 1. The fraction of sp³-hybridized carbons (Fsp3) is 0.625. The lowest BCUT2D eigenvalue weighted by Gasteiger charge is -2.42. The van der Waals surface area contributed by atoms with Gasteiger partial charge < -0.3 is 19.9 Å². The minimum atomic E-state index is -0.137. The zero-order valence-corrected chi connectivity index (χ0v) is 13.4. The third-order valence-corrected chi connectivity index (χ3v) is 3.91. The maximum absolute atomic E-state index is 6.03. The fourth-order valence-electron chi connectivity index (χ4n) is 2.88. The third-order valence-electron chi connectivity index (χ3n) is 3.91. The van der Waals surface area contributed by atoms with E-state index in [0.29, 0.717) is 6.54 Å². The normalized spacial score (nSPS) is 20.0. The molecule has 1 fully saturated rings. The molecule has 1 aliphatic rings. The Balaban J connectivity index is 2.24. The van der Waals surface area contributed by atoms with Crippen LogP contribution < -0.4 is 15.2 Å². The molecule has 1 aromatic rings. The van der Waals surface area contributed by atoms with E-state index in [0.717, 1.165) is 36.8 Å². The van der Waals surface area contributed by atoms with Gasteiger partial charge in [0.05, 0.1) is 26.4 Å². The molecule has 2 N–H and O–H groups in total. The molecule has 21 heavy (non-hydrogen) atoms. The van der Waals surface area contributed by atoms with Crippen molar-refractivity contribution in [1.29, 1.82) is 0 Å². The molecule has 1 saturated heterocycles. The Kier molecular flexibility index (Phi) is 5.08. The van der Waals surface area contributed by atoms with Gasteiger partial charge in [-0.2, -0.15) is 0 Å². The first-order chi connectivity index (χ1) is 10.0. The first kappa shape index (κ1) is 16.1. The first-order valence-corrected chi connectivity index (χ1v) is 7.30. The summed E-state index contributed by atoms with van der Waals surface area (Å²) in [6, 6.07) is 6.16. The molecule has 0 spiro atoms. The Bertz CT molecular complexity index is 477. The summed E-state index contributed by atoms with van der Waals surface area (Å²) >= 11 is 0. The van der Waals surface area contributed by atoms with Crippen molar-refractivity contribution in [3.63, 3.8) is 0 Å². The van der Waals surface area contributed by atoms with Crippen LogP contribution in [0.2, 0.25) is 0 Å². The number of methoxy groups -OCH3 is 2. The van der Waals surface area contributed by atoms with Crippen molar-refractivity contribution < 1.29 is 14.2 Å². The van der Waals surface area contributed by atoms with Crippen molar-refractivity contribution in [2.45, 2.75) is 25.5 Å². The van der Waals surface area contributed by atoms with Crippen molar-refractivity contribution >= 4 is 0 Å². The predicted molar refractivity (Wildman–Crippen MR) is 82.9 cm³/mol. The highest BCUT2D eigenvalue weighted by Crippen LogP contribution is 2.33. The fourth-order valence-corrected chi connectivity index (χ4v) is 2.88. The SMILES string of the molecule is COc1ccc(C(CN)N2CCOC(C)(C)C2)cc1OC. The zero-order valence-electron chi connectivity index (χ0n) is 13.4. The highest BCUT2D eigenvalue weighted by molar-refractivity contribution is 5.44. The number of nitrogens with zero attached hydrogens (tertiary/aromatic N) is 1. The number of hydrogen-bond donors (Lipinski definition) is 1. The quantitative estimate of drug-likeness (QED) is 0.897. The summed E-state index contributed by atoms with van der Waals surface area (Å²) in [4.78, 5) is 2.38. The van der Waals surface area contributed by atoms with Gasteiger partial charge in [-0.3, -0.25) is 4.90 Å².